The number of sulfonamides is 1. The smallest absolute Gasteiger partial charge is 0.265 e. The number of nitrogens with two attached hydrogens (primary N) is 2. The van der Waals surface area contributed by atoms with E-state index in [1.165, 1.54) is 21.1 Å². The van der Waals surface area contributed by atoms with Crippen molar-refractivity contribution in [2.75, 3.05) is 19.7 Å². The van der Waals surface area contributed by atoms with Crippen LogP contribution in [-0.2, 0) is 21.8 Å². The number of carbonyl (C=O) groups is 1. The number of amides is 1. The van der Waals surface area contributed by atoms with Gasteiger partial charge >= 0.3 is 0 Å². The van der Waals surface area contributed by atoms with Crippen LogP contribution in [0.15, 0.2) is 17.2 Å². The monoisotopic (exact) mass is 316 g/mol. The molecular formula is C12H20N4O4S. The number of hydrogen-bond acceptors (Lipinski definition) is 5. The summed E-state index contributed by atoms with van der Waals surface area (Å²) in [6, 6.07) is 1.02. The molecule has 2 atom stereocenters. The summed E-state index contributed by atoms with van der Waals surface area (Å²) in [5, 5.41) is 0. The van der Waals surface area contributed by atoms with Crippen molar-refractivity contribution in [3.8, 4) is 0 Å². The second-order valence-electron chi connectivity index (χ2n) is 5.17. The van der Waals surface area contributed by atoms with Gasteiger partial charge in [0, 0.05) is 32.4 Å². The van der Waals surface area contributed by atoms with Gasteiger partial charge in [-0.25, -0.2) is 8.42 Å². The summed E-state index contributed by atoms with van der Waals surface area (Å²) in [6.07, 6.45) is 1.04. The number of nitrogens with zero attached hydrogens (tertiary/aromatic N) is 2. The third-order valence-electron chi connectivity index (χ3n) is 3.51. The van der Waals surface area contributed by atoms with E-state index in [0.717, 1.165) is 0 Å². The van der Waals surface area contributed by atoms with Crippen molar-refractivity contribution in [2.24, 2.45) is 18.5 Å². The van der Waals surface area contributed by atoms with Crippen molar-refractivity contribution in [1.29, 1.82) is 0 Å². The molecule has 0 saturated carbocycles. The molecular weight excluding hydrogens is 296 g/mol. The minimum atomic E-state index is -3.69. The maximum Gasteiger partial charge on any atom is 0.265 e. The zero-order chi connectivity index (χ0) is 15.8. The number of aromatic nitrogens is 1. The summed E-state index contributed by atoms with van der Waals surface area (Å²) < 4.78 is 33.4. The summed E-state index contributed by atoms with van der Waals surface area (Å²) >= 11 is 0. The highest BCUT2D eigenvalue weighted by Crippen LogP contribution is 2.21. The summed E-state index contributed by atoms with van der Waals surface area (Å²) in [6.45, 7) is 2.52. The molecule has 118 valence electrons. The molecule has 1 aromatic heterocycles. The maximum absolute atomic E-state index is 12.6. The van der Waals surface area contributed by atoms with Crippen LogP contribution in [0.3, 0.4) is 0 Å². The van der Waals surface area contributed by atoms with E-state index in [2.05, 4.69) is 0 Å². The van der Waals surface area contributed by atoms with Gasteiger partial charge in [-0.3, -0.25) is 4.79 Å². The lowest BCUT2D eigenvalue weighted by Crippen LogP contribution is -2.51. The Morgan fingerprint density at radius 1 is 1.52 bits per heavy atom. The molecule has 1 aliphatic heterocycles. The van der Waals surface area contributed by atoms with Crippen LogP contribution in [0, 0.1) is 0 Å². The molecule has 0 spiro atoms. The number of morpholine rings is 1. The molecule has 0 aliphatic carbocycles. The van der Waals surface area contributed by atoms with Gasteiger partial charge in [0.25, 0.3) is 5.91 Å². The summed E-state index contributed by atoms with van der Waals surface area (Å²) in [5.41, 5.74) is 11.1. The third-order valence-corrected chi connectivity index (χ3v) is 5.34. The number of ether oxygens (including phenoxy) is 1. The summed E-state index contributed by atoms with van der Waals surface area (Å²) in [7, 11) is -2.12. The van der Waals surface area contributed by atoms with Gasteiger partial charge in [0.1, 0.15) is 10.6 Å². The van der Waals surface area contributed by atoms with E-state index in [1.54, 1.807) is 14.0 Å². The number of hydrogen-bond donors (Lipinski definition) is 2. The highest BCUT2D eigenvalue weighted by Gasteiger charge is 2.33. The second kappa shape index (κ2) is 5.76. The van der Waals surface area contributed by atoms with Crippen LogP contribution >= 0.6 is 0 Å². The Hall–Kier alpha value is -1.42. The fourth-order valence-electron chi connectivity index (χ4n) is 2.26. The van der Waals surface area contributed by atoms with Crippen molar-refractivity contribution in [3.63, 3.8) is 0 Å². The highest BCUT2D eigenvalue weighted by atomic mass is 32.2. The Balaban J connectivity index is 2.29. The first-order valence-electron chi connectivity index (χ1n) is 6.57. The van der Waals surface area contributed by atoms with E-state index in [1.807, 2.05) is 0 Å². The Morgan fingerprint density at radius 3 is 2.71 bits per heavy atom. The lowest BCUT2D eigenvalue weighted by Gasteiger charge is -2.33. The van der Waals surface area contributed by atoms with Gasteiger partial charge in [-0.1, -0.05) is 0 Å². The van der Waals surface area contributed by atoms with E-state index in [-0.39, 0.29) is 35.8 Å². The zero-order valence-corrected chi connectivity index (χ0v) is 12.8. The lowest BCUT2D eigenvalue weighted by molar-refractivity contribution is -0.0120. The van der Waals surface area contributed by atoms with Crippen LogP contribution in [0.4, 0.5) is 0 Å². The van der Waals surface area contributed by atoms with Gasteiger partial charge in [0.05, 0.1) is 12.7 Å². The molecule has 4 N–H and O–H groups in total. The van der Waals surface area contributed by atoms with E-state index >= 15 is 0 Å². The quantitative estimate of drug-likeness (QED) is 0.727. The Kier molecular flexibility index (Phi) is 4.38. The van der Waals surface area contributed by atoms with Crippen molar-refractivity contribution in [3.05, 3.63) is 18.0 Å². The van der Waals surface area contributed by atoms with Crippen LogP contribution in [0.1, 0.15) is 17.4 Å². The average Bonchev–Trinajstić information content (AvgIpc) is 2.82. The Labute approximate surface area is 123 Å². The standard InChI is InChI=1S/C12H20N4O4S/c1-8(13)11-7-16(3-4-20-11)21(18,19)9-5-10(12(14)17)15(2)6-9/h5-6,8,11H,3-4,7,13H2,1-2H3,(H2,14,17). The fraction of sp³-hybridized carbons (Fsp3) is 0.583. The summed E-state index contributed by atoms with van der Waals surface area (Å²) in [4.78, 5) is 11.3. The predicted octanol–water partition coefficient (Wildman–Crippen LogP) is -1.14. The van der Waals surface area contributed by atoms with Crippen molar-refractivity contribution in [2.45, 2.75) is 24.0 Å². The highest BCUT2D eigenvalue weighted by molar-refractivity contribution is 7.89. The third kappa shape index (κ3) is 3.10. The maximum atomic E-state index is 12.6. The van der Waals surface area contributed by atoms with Gasteiger partial charge in [-0.2, -0.15) is 4.31 Å². The number of aryl methyl sites for hydroxylation is 1. The topological polar surface area (TPSA) is 121 Å². The van der Waals surface area contributed by atoms with Crippen LogP contribution in [0.2, 0.25) is 0 Å². The molecule has 1 saturated heterocycles. The normalized spacial score (nSPS) is 22.1. The SMILES string of the molecule is CC(N)C1CN(S(=O)(=O)c2cc(C(N)=O)n(C)c2)CCO1. The largest absolute Gasteiger partial charge is 0.374 e. The molecule has 1 fully saturated rings. The zero-order valence-electron chi connectivity index (χ0n) is 12.0. The molecule has 0 aromatic carbocycles. The van der Waals surface area contributed by atoms with Gasteiger partial charge < -0.3 is 20.8 Å². The van der Waals surface area contributed by atoms with Crippen molar-refractivity contribution >= 4 is 15.9 Å². The molecule has 1 aromatic rings. The first-order chi connectivity index (χ1) is 9.73. The van der Waals surface area contributed by atoms with Crippen LogP contribution in [0.25, 0.3) is 0 Å². The Morgan fingerprint density at radius 2 is 2.19 bits per heavy atom. The Bertz CT molecular complexity index is 638. The number of rotatable bonds is 4. The van der Waals surface area contributed by atoms with E-state index < -0.39 is 15.9 Å². The molecule has 21 heavy (non-hydrogen) atoms. The minimum Gasteiger partial charge on any atom is -0.374 e. The molecule has 0 radical (unpaired) electrons. The molecule has 2 rings (SSSR count). The van der Waals surface area contributed by atoms with E-state index in [0.29, 0.717) is 6.61 Å². The molecule has 0 bridgehead atoms. The molecule has 8 nitrogen and oxygen atoms in total. The van der Waals surface area contributed by atoms with Gasteiger partial charge in [-0.05, 0) is 13.0 Å². The van der Waals surface area contributed by atoms with Crippen LogP contribution in [0.5, 0.6) is 0 Å². The van der Waals surface area contributed by atoms with Crippen LogP contribution < -0.4 is 11.5 Å². The number of primary amides is 1. The molecule has 1 aliphatic rings. The molecule has 9 heteroatoms. The first-order valence-corrected chi connectivity index (χ1v) is 8.01. The number of carbonyl (C=O) groups excluding carboxylic acids is 1. The summed E-state index contributed by atoms with van der Waals surface area (Å²) in [5.74, 6) is -0.672. The second-order valence-corrected chi connectivity index (χ2v) is 7.11. The van der Waals surface area contributed by atoms with Gasteiger partial charge in [0.15, 0.2) is 0 Å². The van der Waals surface area contributed by atoms with E-state index in [9.17, 15) is 13.2 Å². The fourth-order valence-corrected chi connectivity index (χ4v) is 3.76. The predicted molar refractivity (Wildman–Crippen MR) is 76.1 cm³/mol. The van der Waals surface area contributed by atoms with Gasteiger partial charge in [0.2, 0.25) is 10.0 Å². The first kappa shape index (κ1) is 16.0. The lowest BCUT2D eigenvalue weighted by atomic mass is 10.2. The van der Waals surface area contributed by atoms with Gasteiger partial charge in [-0.15, -0.1) is 0 Å². The molecule has 2 unspecified atom stereocenters. The average molecular weight is 316 g/mol. The van der Waals surface area contributed by atoms with Crippen molar-refractivity contribution in [1.82, 2.24) is 8.87 Å². The van der Waals surface area contributed by atoms with Crippen molar-refractivity contribution < 1.29 is 17.9 Å². The minimum absolute atomic E-state index is 0.0455. The molecule has 1 amide bonds. The van der Waals surface area contributed by atoms with E-state index in [4.69, 9.17) is 16.2 Å². The molecule has 2 heterocycles. The van der Waals surface area contributed by atoms with Crippen LogP contribution in [-0.4, -0.2) is 55.0 Å².